The Kier molecular flexibility index (Phi) is 6.00. The van der Waals surface area contributed by atoms with Gasteiger partial charge in [-0.3, -0.25) is 0 Å². The third kappa shape index (κ3) is 4.46. The molecule has 0 fully saturated rings. The van der Waals surface area contributed by atoms with Crippen molar-refractivity contribution in [3.8, 4) is 45.3 Å². The Hall–Kier alpha value is -5.71. The Balaban J connectivity index is 1.18. The van der Waals surface area contributed by atoms with Crippen LogP contribution in [0.5, 0.6) is 0 Å². The lowest BCUT2D eigenvalue weighted by Gasteiger charge is -2.11. The molecule has 4 heteroatoms. The predicted octanol–water partition coefficient (Wildman–Crippen LogP) is 11.2. The molecule has 3 nitrogen and oxygen atoms in total. The first-order valence-electron chi connectivity index (χ1n) is 15.0. The summed E-state index contributed by atoms with van der Waals surface area (Å²) in [6, 6.07) is 53.3. The van der Waals surface area contributed by atoms with Crippen molar-refractivity contribution < 1.29 is 0 Å². The van der Waals surface area contributed by atoms with Crippen LogP contribution in [0.2, 0.25) is 0 Å². The second-order valence-electron chi connectivity index (χ2n) is 11.3. The number of nitrogens with zero attached hydrogens (tertiary/aromatic N) is 3. The Morgan fingerprint density at radius 1 is 0.333 bits per heavy atom. The van der Waals surface area contributed by atoms with E-state index in [9.17, 15) is 0 Å². The van der Waals surface area contributed by atoms with Crippen molar-refractivity contribution in [3.63, 3.8) is 0 Å². The summed E-state index contributed by atoms with van der Waals surface area (Å²) in [7, 11) is 0. The SMILES string of the molecule is c1ccc(-c2nc(-c3ccccc3)nc(-c3cccc(-c4ccc5c(ccc6ccc7sc8ccccc8c7c65)c4)c3)n2)cc1. The molecule has 0 spiro atoms. The number of rotatable bonds is 4. The average molecular weight is 592 g/mol. The van der Waals surface area contributed by atoms with Gasteiger partial charge in [-0.2, -0.15) is 0 Å². The Morgan fingerprint density at radius 3 is 1.67 bits per heavy atom. The van der Waals surface area contributed by atoms with Gasteiger partial charge in [0.25, 0.3) is 0 Å². The van der Waals surface area contributed by atoms with Crippen LogP contribution < -0.4 is 0 Å². The zero-order chi connectivity index (χ0) is 29.7. The van der Waals surface area contributed by atoms with Crippen molar-refractivity contribution in [1.82, 2.24) is 15.0 Å². The summed E-state index contributed by atoms with van der Waals surface area (Å²) in [4.78, 5) is 14.7. The third-order valence-corrected chi connectivity index (χ3v) is 9.63. The Morgan fingerprint density at radius 2 is 0.911 bits per heavy atom. The monoisotopic (exact) mass is 591 g/mol. The Labute approximate surface area is 264 Å². The van der Waals surface area contributed by atoms with Gasteiger partial charge in [0, 0.05) is 36.9 Å². The van der Waals surface area contributed by atoms with Gasteiger partial charge >= 0.3 is 0 Å². The molecular weight excluding hydrogens is 567 g/mol. The lowest BCUT2D eigenvalue weighted by atomic mass is 9.94. The average Bonchev–Trinajstić information content (AvgIpc) is 3.51. The highest BCUT2D eigenvalue weighted by Crippen LogP contribution is 2.41. The summed E-state index contributed by atoms with van der Waals surface area (Å²) < 4.78 is 2.66. The van der Waals surface area contributed by atoms with Crippen LogP contribution in [-0.4, -0.2) is 15.0 Å². The first-order chi connectivity index (χ1) is 22.3. The molecule has 210 valence electrons. The Bertz CT molecular complexity index is 2480. The van der Waals surface area contributed by atoms with Gasteiger partial charge in [0.05, 0.1) is 0 Å². The zero-order valence-corrected chi connectivity index (χ0v) is 25.0. The number of benzene rings is 7. The highest BCUT2D eigenvalue weighted by molar-refractivity contribution is 7.26. The fraction of sp³-hybridized carbons (Fsp3) is 0. The van der Waals surface area contributed by atoms with Crippen molar-refractivity contribution in [2.45, 2.75) is 0 Å². The highest BCUT2D eigenvalue weighted by atomic mass is 32.1. The fourth-order valence-corrected chi connectivity index (χ4v) is 7.44. The molecule has 0 aliphatic rings. The molecule has 9 rings (SSSR count). The number of thiophene rings is 1. The van der Waals surface area contributed by atoms with Crippen molar-refractivity contribution in [3.05, 3.63) is 152 Å². The zero-order valence-electron chi connectivity index (χ0n) is 24.2. The van der Waals surface area contributed by atoms with Crippen LogP contribution in [0.15, 0.2) is 152 Å². The van der Waals surface area contributed by atoms with Gasteiger partial charge in [-0.25, -0.2) is 15.0 Å². The first kappa shape index (κ1) is 25.8. The van der Waals surface area contributed by atoms with Crippen LogP contribution in [0.1, 0.15) is 0 Å². The molecule has 45 heavy (non-hydrogen) atoms. The molecule has 0 bridgehead atoms. The van der Waals surface area contributed by atoms with Crippen LogP contribution >= 0.6 is 11.3 Å². The maximum absolute atomic E-state index is 4.95. The van der Waals surface area contributed by atoms with Gasteiger partial charge in [0.15, 0.2) is 17.5 Å². The van der Waals surface area contributed by atoms with E-state index in [2.05, 4.69) is 91.0 Å². The molecule has 0 atom stereocenters. The lowest BCUT2D eigenvalue weighted by Crippen LogP contribution is -2.00. The van der Waals surface area contributed by atoms with Crippen LogP contribution in [0.4, 0.5) is 0 Å². The molecule has 0 unspecified atom stereocenters. The molecule has 7 aromatic carbocycles. The number of hydrogen-bond donors (Lipinski definition) is 0. The van der Waals surface area contributed by atoms with Crippen molar-refractivity contribution in [2.75, 3.05) is 0 Å². The molecule has 0 radical (unpaired) electrons. The summed E-state index contributed by atoms with van der Waals surface area (Å²) in [5.41, 5.74) is 5.16. The van der Waals surface area contributed by atoms with E-state index in [1.54, 1.807) is 0 Å². The van der Waals surface area contributed by atoms with Crippen LogP contribution in [0, 0.1) is 0 Å². The maximum atomic E-state index is 4.95. The number of aromatic nitrogens is 3. The van der Waals surface area contributed by atoms with E-state index in [0.29, 0.717) is 17.5 Å². The van der Waals surface area contributed by atoms with Crippen LogP contribution in [0.3, 0.4) is 0 Å². The highest BCUT2D eigenvalue weighted by Gasteiger charge is 2.14. The summed E-state index contributed by atoms with van der Waals surface area (Å²) in [6.07, 6.45) is 0. The summed E-state index contributed by atoms with van der Waals surface area (Å²) in [5, 5.41) is 7.78. The molecule has 9 aromatic rings. The molecule has 2 aromatic heterocycles. The van der Waals surface area contributed by atoms with E-state index in [0.717, 1.165) is 27.8 Å². The standard InChI is InChI=1S/C41H25N3S/c1-3-10-27(11-4-1)39-42-40(28-12-5-2-6-13-28)44-41(43-39)32-15-9-14-29(25-32)30-20-22-33-31(24-30)19-18-26-21-23-36-38(37(26)33)34-16-7-8-17-35(34)45-36/h1-25H. The second-order valence-corrected chi connectivity index (χ2v) is 12.3. The van der Waals surface area contributed by atoms with Crippen molar-refractivity contribution in [2.24, 2.45) is 0 Å². The minimum atomic E-state index is 0.656. The summed E-state index contributed by atoms with van der Waals surface area (Å²) in [6.45, 7) is 0. The van der Waals surface area contributed by atoms with Crippen LogP contribution in [-0.2, 0) is 0 Å². The lowest BCUT2D eigenvalue weighted by molar-refractivity contribution is 1.07. The molecule has 0 N–H and O–H groups in total. The fourth-order valence-electron chi connectivity index (χ4n) is 6.32. The van der Waals surface area contributed by atoms with E-state index < -0.39 is 0 Å². The summed E-state index contributed by atoms with van der Waals surface area (Å²) >= 11 is 1.87. The van der Waals surface area contributed by atoms with E-state index in [1.165, 1.54) is 41.7 Å². The van der Waals surface area contributed by atoms with Gasteiger partial charge < -0.3 is 0 Å². The van der Waals surface area contributed by atoms with Crippen molar-refractivity contribution >= 4 is 53.1 Å². The molecule has 0 aliphatic carbocycles. The predicted molar refractivity (Wildman–Crippen MR) is 189 cm³/mol. The minimum Gasteiger partial charge on any atom is -0.208 e. The largest absolute Gasteiger partial charge is 0.208 e. The van der Waals surface area contributed by atoms with Gasteiger partial charge in [-0.15, -0.1) is 11.3 Å². The number of fused-ring (bicyclic) bond motifs is 7. The van der Waals surface area contributed by atoms with E-state index in [1.807, 2.05) is 72.0 Å². The smallest absolute Gasteiger partial charge is 0.164 e. The van der Waals surface area contributed by atoms with Crippen molar-refractivity contribution in [1.29, 1.82) is 0 Å². The topological polar surface area (TPSA) is 38.7 Å². The van der Waals surface area contributed by atoms with Gasteiger partial charge in [0.1, 0.15) is 0 Å². The van der Waals surface area contributed by atoms with Gasteiger partial charge in [-0.1, -0.05) is 127 Å². The van der Waals surface area contributed by atoms with Crippen LogP contribution in [0.25, 0.3) is 87.0 Å². The molecular formula is C41H25N3S. The van der Waals surface area contributed by atoms with Gasteiger partial charge in [-0.05, 0) is 56.9 Å². The molecule has 0 saturated heterocycles. The van der Waals surface area contributed by atoms with E-state index in [4.69, 9.17) is 15.0 Å². The third-order valence-electron chi connectivity index (χ3n) is 8.49. The molecule has 2 heterocycles. The molecule has 0 amide bonds. The first-order valence-corrected chi connectivity index (χ1v) is 15.8. The molecule has 0 saturated carbocycles. The second kappa shape index (κ2) is 10.5. The minimum absolute atomic E-state index is 0.656. The maximum Gasteiger partial charge on any atom is 0.164 e. The quantitative estimate of drug-likeness (QED) is 0.191. The van der Waals surface area contributed by atoms with E-state index >= 15 is 0 Å². The summed E-state index contributed by atoms with van der Waals surface area (Å²) in [5.74, 6) is 1.98. The number of hydrogen-bond acceptors (Lipinski definition) is 4. The van der Waals surface area contributed by atoms with E-state index in [-0.39, 0.29) is 0 Å². The molecule has 0 aliphatic heterocycles. The van der Waals surface area contributed by atoms with Gasteiger partial charge in [0.2, 0.25) is 0 Å². The normalized spacial score (nSPS) is 11.6.